The van der Waals surface area contributed by atoms with E-state index in [0.717, 1.165) is 42.1 Å². The third-order valence-electron chi connectivity index (χ3n) is 12.1. The van der Waals surface area contributed by atoms with Gasteiger partial charge in [-0.25, -0.2) is 9.98 Å². The summed E-state index contributed by atoms with van der Waals surface area (Å²) in [6.07, 6.45) is 12.3. The van der Waals surface area contributed by atoms with E-state index in [2.05, 4.69) is 165 Å². The molecule has 0 fully saturated rings. The highest BCUT2D eigenvalue weighted by Crippen LogP contribution is 2.55. The van der Waals surface area contributed by atoms with Gasteiger partial charge in [0, 0.05) is 42.6 Å². The first kappa shape index (κ1) is 31.7. The number of thiophene rings is 1. The topological polar surface area (TPSA) is 36.8 Å². The molecule has 54 heavy (non-hydrogen) atoms. The SMILES string of the molecule is CC1(C)c2cc(C3N=C(C4=CCC5C=CCCC5=C4)NC(c4cccc5c4sc4ccccc45)=N3)ccc2-c2c1cc1ccccc1c2-c1ccccc1. The quantitative estimate of drug-likeness (QED) is 0.181. The van der Waals surface area contributed by atoms with Crippen molar-refractivity contribution < 1.29 is 0 Å². The van der Waals surface area contributed by atoms with Crippen LogP contribution >= 0.6 is 11.3 Å². The van der Waals surface area contributed by atoms with E-state index in [4.69, 9.17) is 9.98 Å². The van der Waals surface area contributed by atoms with E-state index in [0.29, 0.717) is 5.92 Å². The summed E-state index contributed by atoms with van der Waals surface area (Å²) in [6.45, 7) is 4.76. The molecule has 2 atom stereocenters. The van der Waals surface area contributed by atoms with Crippen LogP contribution in [-0.4, -0.2) is 11.7 Å². The summed E-state index contributed by atoms with van der Waals surface area (Å²) in [4.78, 5) is 10.9. The van der Waals surface area contributed by atoms with Crippen LogP contribution in [0.2, 0.25) is 0 Å². The van der Waals surface area contributed by atoms with Crippen LogP contribution in [0.4, 0.5) is 0 Å². The Morgan fingerprint density at radius 1 is 0.704 bits per heavy atom. The highest BCUT2D eigenvalue weighted by Gasteiger charge is 2.39. The summed E-state index contributed by atoms with van der Waals surface area (Å²) < 4.78 is 2.55. The monoisotopic (exact) mass is 713 g/mol. The summed E-state index contributed by atoms with van der Waals surface area (Å²) >= 11 is 1.85. The molecule has 3 nitrogen and oxygen atoms in total. The number of aliphatic imine (C=N–C) groups is 2. The molecule has 0 spiro atoms. The fraction of sp³-hybridized carbons (Fsp3) is 0.160. The lowest BCUT2D eigenvalue weighted by Gasteiger charge is -2.28. The van der Waals surface area contributed by atoms with Crippen molar-refractivity contribution in [1.29, 1.82) is 0 Å². The van der Waals surface area contributed by atoms with Gasteiger partial charge < -0.3 is 5.32 Å². The first-order valence-electron chi connectivity index (χ1n) is 19.2. The lowest BCUT2D eigenvalue weighted by Crippen LogP contribution is -2.37. The minimum Gasteiger partial charge on any atom is -0.324 e. The van der Waals surface area contributed by atoms with Crippen LogP contribution in [0.1, 0.15) is 61.5 Å². The van der Waals surface area contributed by atoms with Gasteiger partial charge in [0.25, 0.3) is 0 Å². The number of nitrogens with zero attached hydrogens (tertiary/aromatic N) is 2. The molecule has 260 valence electrons. The molecule has 0 amide bonds. The lowest BCUT2D eigenvalue weighted by molar-refractivity contribution is 0.656. The van der Waals surface area contributed by atoms with Crippen LogP contribution in [-0.2, 0) is 5.41 Å². The van der Waals surface area contributed by atoms with Gasteiger partial charge >= 0.3 is 0 Å². The molecule has 2 heterocycles. The van der Waals surface area contributed by atoms with Crippen LogP contribution in [0.25, 0.3) is 53.2 Å². The van der Waals surface area contributed by atoms with Crippen molar-refractivity contribution >= 4 is 54.0 Å². The molecular formula is C50H39N3S. The second-order valence-corrected chi connectivity index (χ2v) is 16.7. The van der Waals surface area contributed by atoms with Crippen molar-refractivity contribution in [1.82, 2.24) is 5.32 Å². The molecule has 2 unspecified atom stereocenters. The highest BCUT2D eigenvalue weighted by molar-refractivity contribution is 7.26. The van der Waals surface area contributed by atoms with Crippen LogP contribution < -0.4 is 5.32 Å². The number of allylic oxidation sites excluding steroid dienone is 4. The molecule has 0 saturated heterocycles. The van der Waals surface area contributed by atoms with Crippen molar-refractivity contribution in [3.8, 4) is 22.3 Å². The van der Waals surface area contributed by atoms with E-state index in [1.54, 1.807) is 0 Å². The number of hydrogen-bond acceptors (Lipinski definition) is 4. The zero-order chi connectivity index (χ0) is 36.0. The Morgan fingerprint density at radius 3 is 2.41 bits per heavy atom. The Hall–Kier alpha value is -5.84. The van der Waals surface area contributed by atoms with Crippen LogP contribution in [0.3, 0.4) is 0 Å². The fourth-order valence-corrected chi connectivity index (χ4v) is 10.6. The molecule has 1 N–H and O–H groups in total. The maximum atomic E-state index is 5.47. The molecule has 4 heteroatoms. The Bertz CT molecular complexity index is 2860. The molecule has 1 aliphatic heterocycles. The third-order valence-corrected chi connectivity index (χ3v) is 13.3. The highest BCUT2D eigenvalue weighted by atomic mass is 32.1. The first-order valence-corrected chi connectivity index (χ1v) is 20.0. The number of nitrogens with one attached hydrogen (secondary N) is 1. The molecule has 0 radical (unpaired) electrons. The Balaban J connectivity index is 1.08. The van der Waals surface area contributed by atoms with Gasteiger partial charge in [-0.3, -0.25) is 0 Å². The van der Waals surface area contributed by atoms with E-state index in [-0.39, 0.29) is 11.6 Å². The van der Waals surface area contributed by atoms with Crippen molar-refractivity contribution in [2.75, 3.05) is 0 Å². The van der Waals surface area contributed by atoms with Crippen molar-refractivity contribution in [3.05, 3.63) is 179 Å². The maximum absolute atomic E-state index is 5.47. The number of fused-ring (bicyclic) bond motifs is 8. The molecule has 1 aromatic heterocycles. The minimum atomic E-state index is -0.387. The number of amidine groups is 2. The molecule has 7 aromatic rings. The van der Waals surface area contributed by atoms with Crippen LogP contribution in [0.15, 0.2) is 167 Å². The predicted molar refractivity (Wildman–Crippen MR) is 229 cm³/mol. The zero-order valence-corrected chi connectivity index (χ0v) is 31.3. The van der Waals surface area contributed by atoms with Gasteiger partial charge in [0.05, 0.1) is 0 Å². The molecule has 0 saturated carbocycles. The fourth-order valence-electron chi connectivity index (χ4n) is 9.35. The van der Waals surface area contributed by atoms with E-state index < -0.39 is 0 Å². The normalized spacial score (nSPS) is 19.7. The average molecular weight is 714 g/mol. The van der Waals surface area contributed by atoms with E-state index in [1.807, 2.05) is 11.3 Å². The van der Waals surface area contributed by atoms with E-state index >= 15 is 0 Å². The Labute approximate surface area is 319 Å². The summed E-state index contributed by atoms with van der Waals surface area (Å²) in [6, 6.07) is 44.6. The van der Waals surface area contributed by atoms with Crippen molar-refractivity contribution in [2.45, 2.75) is 44.7 Å². The summed E-state index contributed by atoms with van der Waals surface area (Å²) in [5.41, 5.74) is 12.6. The molecule has 0 bridgehead atoms. The Kier molecular flexibility index (Phi) is 7.09. The smallest absolute Gasteiger partial charge is 0.169 e. The van der Waals surface area contributed by atoms with Gasteiger partial charge in [0.15, 0.2) is 6.17 Å². The molecule has 11 rings (SSSR count). The molecule has 4 aliphatic rings. The molecule has 6 aromatic carbocycles. The van der Waals surface area contributed by atoms with Crippen molar-refractivity contribution in [2.24, 2.45) is 15.9 Å². The average Bonchev–Trinajstić information content (AvgIpc) is 3.71. The zero-order valence-electron chi connectivity index (χ0n) is 30.4. The first-order chi connectivity index (χ1) is 26.5. The lowest BCUT2D eigenvalue weighted by atomic mass is 9.80. The summed E-state index contributed by atoms with van der Waals surface area (Å²) in [7, 11) is 0. The summed E-state index contributed by atoms with van der Waals surface area (Å²) in [5.74, 6) is 2.29. The maximum Gasteiger partial charge on any atom is 0.169 e. The van der Waals surface area contributed by atoms with Gasteiger partial charge in [-0.1, -0.05) is 147 Å². The Morgan fingerprint density at radius 2 is 1.50 bits per heavy atom. The number of rotatable bonds is 4. The predicted octanol–water partition coefficient (Wildman–Crippen LogP) is 12.9. The standard InChI is InChI=1S/C50H39N3S/c1-50(2)41-29-35(25-26-39(41)45-42(50)28-33-17-8-9-18-36(33)44(45)31-14-4-3-5-15-31)48-51-47(34-24-23-30-13-6-7-16-32(30)27-34)52-49(53-48)40-21-12-20-38-37-19-10-11-22-43(37)54-46(38)40/h3-6,8-15,17-22,24-30,48H,7,16,23H2,1-2H3,(H,51,52,53). The minimum absolute atomic E-state index is 0.206. The number of benzene rings is 6. The molecular weight excluding hydrogens is 675 g/mol. The van der Waals surface area contributed by atoms with Crippen molar-refractivity contribution in [3.63, 3.8) is 0 Å². The van der Waals surface area contributed by atoms with Gasteiger partial charge in [-0.15, -0.1) is 11.3 Å². The largest absolute Gasteiger partial charge is 0.324 e. The second-order valence-electron chi connectivity index (χ2n) is 15.6. The molecule has 3 aliphatic carbocycles. The number of hydrogen-bond donors (Lipinski definition) is 1. The van der Waals surface area contributed by atoms with Gasteiger partial charge in [-0.2, -0.15) is 0 Å². The van der Waals surface area contributed by atoms with Gasteiger partial charge in [-0.05, 0) is 87.2 Å². The van der Waals surface area contributed by atoms with Gasteiger partial charge in [0.1, 0.15) is 11.7 Å². The van der Waals surface area contributed by atoms with E-state index in [9.17, 15) is 0 Å². The van der Waals surface area contributed by atoms with E-state index in [1.165, 1.54) is 75.5 Å². The third kappa shape index (κ3) is 4.86. The van der Waals surface area contributed by atoms with Crippen LogP contribution in [0.5, 0.6) is 0 Å². The van der Waals surface area contributed by atoms with Crippen LogP contribution in [0, 0.1) is 5.92 Å². The second kappa shape index (κ2) is 12.1. The van der Waals surface area contributed by atoms with Gasteiger partial charge in [0.2, 0.25) is 0 Å². The summed E-state index contributed by atoms with van der Waals surface area (Å²) in [5, 5.41) is 8.90.